The minimum absolute atomic E-state index is 0.370. The maximum absolute atomic E-state index is 13.3. The third kappa shape index (κ3) is 3.95. The molecular formula is C18H23N3O2S2. The van der Waals surface area contributed by atoms with Gasteiger partial charge in [0.15, 0.2) is 0 Å². The number of hydrogen-bond acceptors (Lipinski definition) is 5. The van der Waals surface area contributed by atoms with E-state index in [1.807, 2.05) is 17.5 Å². The number of hydrogen-bond donors (Lipinski definition) is 1. The minimum atomic E-state index is -3.50. The highest BCUT2D eigenvalue weighted by atomic mass is 32.2. The van der Waals surface area contributed by atoms with Crippen molar-refractivity contribution in [3.05, 3.63) is 45.9 Å². The second-order valence-corrected chi connectivity index (χ2v) is 9.79. The zero-order valence-corrected chi connectivity index (χ0v) is 15.8. The zero-order valence-electron chi connectivity index (χ0n) is 14.1. The molecule has 1 fully saturated rings. The number of fused-ring (bicyclic) bond motifs is 1. The van der Waals surface area contributed by atoms with Crippen LogP contribution in [0.5, 0.6) is 0 Å². The van der Waals surface area contributed by atoms with Gasteiger partial charge in [-0.2, -0.15) is 4.31 Å². The molecule has 0 atom stereocenters. The number of aryl methyl sites for hydroxylation is 1. The van der Waals surface area contributed by atoms with Gasteiger partial charge in [-0.3, -0.25) is 0 Å². The van der Waals surface area contributed by atoms with E-state index < -0.39 is 10.0 Å². The largest absolute Gasteiger partial charge is 0.313 e. The summed E-state index contributed by atoms with van der Waals surface area (Å²) < 4.78 is 28.2. The van der Waals surface area contributed by atoms with Crippen LogP contribution in [0.2, 0.25) is 0 Å². The minimum Gasteiger partial charge on any atom is -0.313 e. The Labute approximate surface area is 153 Å². The van der Waals surface area contributed by atoms with Crippen LogP contribution in [-0.4, -0.2) is 30.8 Å². The van der Waals surface area contributed by atoms with Gasteiger partial charge in [0.1, 0.15) is 5.01 Å². The summed E-state index contributed by atoms with van der Waals surface area (Å²) in [5.74, 6) is 0.500. The third-order valence-corrected chi connectivity index (χ3v) is 7.46. The van der Waals surface area contributed by atoms with Crippen molar-refractivity contribution in [3.63, 3.8) is 0 Å². The van der Waals surface area contributed by atoms with Crippen LogP contribution < -0.4 is 5.32 Å². The van der Waals surface area contributed by atoms with E-state index in [2.05, 4.69) is 10.3 Å². The van der Waals surface area contributed by atoms with Crippen molar-refractivity contribution >= 4 is 21.4 Å². The Morgan fingerprint density at radius 1 is 1.28 bits per heavy atom. The molecule has 7 heteroatoms. The molecule has 134 valence electrons. The number of benzene rings is 1. The lowest BCUT2D eigenvalue weighted by atomic mass is 10.0. The summed E-state index contributed by atoms with van der Waals surface area (Å²) >= 11 is 1.51. The highest BCUT2D eigenvalue weighted by Gasteiger charge is 2.32. The Bertz CT molecular complexity index is 830. The van der Waals surface area contributed by atoms with Crippen molar-refractivity contribution in [1.29, 1.82) is 0 Å². The Balaban J connectivity index is 1.64. The third-order valence-electron chi connectivity index (χ3n) is 4.88. The summed E-state index contributed by atoms with van der Waals surface area (Å²) in [6, 6.07) is 5.63. The summed E-state index contributed by atoms with van der Waals surface area (Å²) in [4.78, 5) is 4.70. The molecule has 0 spiro atoms. The molecule has 5 nitrogen and oxygen atoms in total. The predicted octanol–water partition coefficient (Wildman–Crippen LogP) is 2.78. The van der Waals surface area contributed by atoms with Crippen LogP contribution in [0.15, 0.2) is 34.7 Å². The Hall–Kier alpha value is -1.28. The maximum atomic E-state index is 13.3. The van der Waals surface area contributed by atoms with Gasteiger partial charge in [0.05, 0.1) is 11.4 Å². The summed E-state index contributed by atoms with van der Waals surface area (Å²) in [5.41, 5.74) is 2.37. The van der Waals surface area contributed by atoms with Crippen molar-refractivity contribution < 1.29 is 8.42 Å². The van der Waals surface area contributed by atoms with Crippen molar-refractivity contribution in [2.45, 2.75) is 43.7 Å². The highest BCUT2D eigenvalue weighted by molar-refractivity contribution is 7.89. The molecule has 1 N–H and O–H groups in total. The fraction of sp³-hybridized carbons (Fsp3) is 0.500. The van der Waals surface area contributed by atoms with E-state index in [1.165, 1.54) is 16.9 Å². The average Bonchev–Trinajstić information content (AvgIpc) is 3.33. The zero-order chi connectivity index (χ0) is 17.3. The molecule has 0 unspecified atom stereocenters. The van der Waals surface area contributed by atoms with Gasteiger partial charge in [0.25, 0.3) is 0 Å². The van der Waals surface area contributed by atoms with Gasteiger partial charge in [-0.1, -0.05) is 6.07 Å². The van der Waals surface area contributed by atoms with E-state index in [-0.39, 0.29) is 0 Å². The first-order valence-corrected chi connectivity index (χ1v) is 11.2. The van der Waals surface area contributed by atoms with Crippen molar-refractivity contribution in [2.24, 2.45) is 5.92 Å². The molecule has 0 radical (unpaired) electrons. The van der Waals surface area contributed by atoms with Gasteiger partial charge in [-0.25, -0.2) is 13.4 Å². The van der Waals surface area contributed by atoms with Gasteiger partial charge in [-0.15, -0.1) is 11.3 Å². The van der Waals surface area contributed by atoms with Crippen LogP contribution >= 0.6 is 11.3 Å². The van der Waals surface area contributed by atoms with Crippen LogP contribution in [0.3, 0.4) is 0 Å². The van der Waals surface area contributed by atoms with E-state index in [1.54, 1.807) is 16.6 Å². The van der Waals surface area contributed by atoms with E-state index in [4.69, 9.17) is 0 Å². The fourth-order valence-corrected chi connectivity index (χ4v) is 5.50. The first-order chi connectivity index (χ1) is 12.1. The number of nitrogens with one attached hydrogen (secondary N) is 1. The fourth-order valence-electron chi connectivity index (χ4n) is 3.26. The molecule has 2 aliphatic rings. The lowest BCUT2D eigenvalue weighted by Gasteiger charge is -2.22. The first-order valence-electron chi connectivity index (χ1n) is 8.84. The van der Waals surface area contributed by atoms with Crippen molar-refractivity contribution in [1.82, 2.24) is 14.6 Å². The Morgan fingerprint density at radius 3 is 2.92 bits per heavy atom. The molecule has 1 aromatic heterocycles. The van der Waals surface area contributed by atoms with Gasteiger partial charge in [0.2, 0.25) is 10.0 Å². The summed E-state index contributed by atoms with van der Waals surface area (Å²) in [6.07, 6.45) is 5.96. The number of rotatable bonds is 6. The highest BCUT2D eigenvalue weighted by Crippen LogP contribution is 2.33. The molecule has 4 rings (SSSR count). The summed E-state index contributed by atoms with van der Waals surface area (Å²) in [5, 5.41) is 6.13. The number of aromatic nitrogens is 1. The molecule has 1 aliphatic heterocycles. The Kier molecular flexibility index (Phi) is 4.90. The van der Waals surface area contributed by atoms with Gasteiger partial charge >= 0.3 is 0 Å². The second kappa shape index (κ2) is 7.15. The van der Waals surface area contributed by atoms with E-state index >= 15 is 0 Å². The summed E-state index contributed by atoms with van der Waals surface area (Å²) in [7, 11) is -3.50. The molecule has 1 aliphatic carbocycles. The van der Waals surface area contributed by atoms with Crippen LogP contribution in [0, 0.1) is 5.92 Å². The normalized spacial score (nSPS) is 18.1. The van der Waals surface area contributed by atoms with Crippen LogP contribution in [0.4, 0.5) is 0 Å². The predicted molar refractivity (Wildman–Crippen MR) is 98.9 cm³/mol. The molecule has 0 saturated heterocycles. The monoisotopic (exact) mass is 377 g/mol. The Morgan fingerprint density at radius 2 is 2.16 bits per heavy atom. The molecule has 0 amide bonds. The number of sulfonamides is 1. The number of thiazole rings is 1. The van der Waals surface area contributed by atoms with E-state index in [9.17, 15) is 8.42 Å². The van der Waals surface area contributed by atoms with Crippen LogP contribution in [-0.2, 0) is 29.5 Å². The molecule has 2 heterocycles. The standard InChI is InChI=1S/C18H23N3O2S2/c22-25(23,17-6-5-16-11-19-7-1-2-15(16)10-17)21(12-14-3-4-14)13-18-20-8-9-24-18/h5-6,8-10,14,19H,1-4,7,11-13H2. The van der Waals surface area contributed by atoms with Gasteiger partial charge < -0.3 is 5.32 Å². The van der Waals surface area contributed by atoms with Gasteiger partial charge in [0, 0.05) is 24.7 Å². The lowest BCUT2D eigenvalue weighted by Crippen LogP contribution is -2.32. The van der Waals surface area contributed by atoms with E-state index in [0.717, 1.165) is 49.3 Å². The van der Waals surface area contributed by atoms with Crippen molar-refractivity contribution in [2.75, 3.05) is 13.1 Å². The molecular weight excluding hydrogens is 354 g/mol. The molecule has 0 bridgehead atoms. The molecule has 1 aromatic carbocycles. The SMILES string of the molecule is O=S(=O)(c1ccc2c(c1)CCCNC2)N(Cc1nccs1)CC1CC1. The van der Waals surface area contributed by atoms with E-state index in [0.29, 0.717) is 23.9 Å². The average molecular weight is 378 g/mol. The molecule has 25 heavy (non-hydrogen) atoms. The molecule has 1 saturated carbocycles. The van der Waals surface area contributed by atoms with Crippen LogP contribution in [0.25, 0.3) is 0 Å². The molecule has 2 aromatic rings. The quantitative estimate of drug-likeness (QED) is 0.841. The van der Waals surface area contributed by atoms with Crippen LogP contribution in [0.1, 0.15) is 35.4 Å². The smallest absolute Gasteiger partial charge is 0.243 e. The lowest BCUT2D eigenvalue weighted by molar-refractivity contribution is 0.390. The maximum Gasteiger partial charge on any atom is 0.243 e. The second-order valence-electron chi connectivity index (χ2n) is 6.88. The van der Waals surface area contributed by atoms with Crippen molar-refractivity contribution in [3.8, 4) is 0 Å². The topological polar surface area (TPSA) is 62.3 Å². The summed E-state index contributed by atoms with van der Waals surface area (Å²) in [6.45, 7) is 2.77. The number of nitrogens with zero attached hydrogens (tertiary/aromatic N) is 2. The first kappa shape index (κ1) is 17.1. The van der Waals surface area contributed by atoms with Gasteiger partial charge in [-0.05, 0) is 61.4 Å².